The molecule has 0 heterocycles. The van der Waals surface area contributed by atoms with Crippen LogP contribution in [0.4, 0.5) is 0 Å². The molecule has 1 aliphatic rings. The highest BCUT2D eigenvalue weighted by Gasteiger charge is 2.46. The van der Waals surface area contributed by atoms with Crippen molar-refractivity contribution in [2.75, 3.05) is 39.4 Å². The summed E-state index contributed by atoms with van der Waals surface area (Å²) < 4.78 is 5.43. The summed E-state index contributed by atoms with van der Waals surface area (Å²) in [5, 5.41) is 13.2. The van der Waals surface area contributed by atoms with E-state index in [0.717, 1.165) is 45.8 Å². The predicted octanol–water partition coefficient (Wildman–Crippen LogP) is 2.02. The molecule has 1 rings (SSSR count). The van der Waals surface area contributed by atoms with Crippen LogP contribution in [-0.4, -0.2) is 49.8 Å². The van der Waals surface area contributed by atoms with E-state index < -0.39 is 0 Å². The van der Waals surface area contributed by atoms with Gasteiger partial charge in [0, 0.05) is 19.7 Å². The van der Waals surface area contributed by atoms with Crippen LogP contribution >= 0.6 is 0 Å². The van der Waals surface area contributed by atoms with Gasteiger partial charge in [-0.15, -0.1) is 0 Å². The third kappa shape index (κ3) is 5.10. The lowest BCUT2D eigenvalue weighted by molar-refractivity contribution is 0.103. The van der Waals surface area contributed by atoms with E-state index >= 15 is 0 Å². The Morgan fingerprint density at radius 2 is 2.11 bits per heavy atom. The molecule has 0 spiro atoms. The van der Waals surface area contributed by atoms with Crippen LogP contribution in [0.5, 0.6) is 0 Å². The fraction of sp³-hybridized carbons (Fsp3) is 0.933. The Kier molecular flexibility index (Phi) is 7.37. The molecule has 0 amide bonds. The van der Waals surface area contributed by atoms with Crippen molar-refractivity contribution in [3.63, 3.8) is 0 Å². The van der Waals surface area contributed by atoms with Crippen LogP contribution in [0, 0.1) is 17.2 Å². The average molecular weight is 267 g/mol. The smallest absolute Gasteiger partial charge is 0.122 e. The van der Waals surface area contributed by atoms with Gasteiger partial charge in [-0.2, -0.15) is 5.26 Å². The number of hydrogen-bond donors (Lipinski definition) is 1. The first-order valence-electron chi connectivity index (χ1n) is 7.68. The van der Waals surface area contributed by atoms with Gasteiger partial charge in [0.2, 0.25) is 0 Å². The fourth-order valence-corrected chi connectivity index (χ4v) is 2.46. The Labute approximate surface area is 118 Å². The van der Waals surface area contributed by atoms with Crippen LogP contribution in [0.25, 0.3) is 0 Å². The topological polar surface area (TPSA) is 48.3 Å². The van der Waals surface area contributed by atoms with E-state index in [4.69, 9.17) is 4.74 Å². The highest BCUT2D eigenvalue weighted by molar-refractivity contribution is 5.16. The predicted molar refractivity (Wildman–Crippen MR) is 78.0 cm³/mol. The van der Waals surface area contributed by atoms with Crippen LogP contribution < -0.4 is 5.32 Å². The molecule has 4 heteroatoms. The Morgan fingerprint density at radius 3 is 2.58 bits per heavy atom. The standard InChI is InChI=1S/C15H29N3O/c1-4-9-17-15(12-16,14-7-8-14)13-18(5-2)10-11-19-6-3/h14,17H,4-11,13H2,1-3H3. The number of rotatable bonds is 11. The van der Waals surface area contributed by atoms with Crippen LogP contribution in [0.15, 0.2) is 0 Å². The third-order valence-electron chi connectivity index (χ3n) is 3.84. The first-order valence-corrected chi connectivity index (χ1v) is 7.68. The molecule has 0 aromatic heterocycles. The molecular formula is C15H29N3O. The maximum atomic E-state index is 9.66. The molecule has 110 valence electrons. The molecule has 0 bridgehead atoms. The molecule has 0 radical (unpaired) electrons. The van der Waals surface area contributed by atoms with Gasteiger partial charge in [0.1, 0.15) is 5.54 Å². The molecule has 4 nitrogen and oxygen atoms in total. The highest BCUT2D eigenvalue weighted by atomic mass is 16.5. The molecule has 1 N–H and O–H groups in total. The lowest BCUT2D eigenvalue weighted by Gasteiger charge is -2.34. The second-order valence-electron chi connectivity index (χ2n) is 5.35. The molecular weight excluding hydrogens is 238 g/mol. The number of ether oxygens (including phenoxy) is 1. The maximum Gasteiger partial charge on any atom is 0.122 e. The van der Waals surface area contributed by atoms with Gasteiger partial charge >= 0.3 is 0 Å². The second kappa shape index (κ2) is 8.52. The second-order valence-corrected chi connectivity index (χ2v) is 5.35. The lowest BCUT2D eigenvalue weighted by atomic mass is 9.93. The summed E-state index contributed by atoms with van der Waals surface area (Å²) in [6.45, 7) is 11.5. The quantitative estimate of drug-likeness (QED) is 0.582. The normalized spacial score (nSPS) is 18.3. The van der Waals surface area contributed by atoms with E-state index in [9.17, 15) is 5.26 Å². The molecule has 1 atom stereocenters. The van der Waals surface area contributed by atoms with Gasteiger partial charge in [0.15, 0.2) is 0 Å². The third-order valence-corrected chi connectivity index (χ3v) is 3.84. The van der Waals surface area contributed by atoms with Gasteiger partial charge < -0.3 is 4.74 Å². The Hall–Kier alpha value is -0.630. The molecule has 1 saturated carbocycles. The summed E-state index contributed by atoms with van der Waals surface area (Å²) in [7, 11) is 0. The number of nitrogens with zero attached hydrogens (tertiary/aromatic N) is 2. The summed E-state index contributed by atoms with van der Waals surface area (Å²) in [5.41, 5.74) is -0.349. The zero-order chi connectivity index (χ0) is 14.1. The number of hydrogen-bond acceptors (Lipinski definition) is 4. The number of nitrogens with one attached hydrogen (secondary N) is 1. The van der Waals surface area contributed by atoms with Crippen molar-refractivity contribution < 1.29 is 4.74 Å². The largest absolute Gasteiger partial charge is 0.380 e. The van der Waals surface area contributed by atoms with Crippen LogP contribution in [0.1, 0.15) is 40.0 Å². The van der Waals surface area contributed by atoms with Crippen molar-refractivity contribution in [2.45, 2.75) is 45.6 Å². The maximum absolute atomic E-state index is 9.66. The minimum atomic E-state index is -0.349. The average Bonchev–Trinajstić information content (AvgIpc) is 3.27. The van der Waals surface area contributed by atoms with Gasteiger partial charge in [-0.25, -0.2) is 0 Å². The summed E-state index contributed by atoms with van der Waals surface area (Å²) in [6.07, 6.45) is 3.45. The Bertz CT molecular complexity index is 286. The SMILES string of the molecule is CCCNC(C#N)(CN(CC)CCOCC)C1CC1. The van der Waals surface area contributed by atoms with E-state index in [0.29, 0.717) is 5.92 Å². The highest BCUT2D eigenvalue weighted by Crippen LogP contribution is 2.40. The minimum Gasteiger partial charge on any atom is -0.380 e. The first-order chi connectivity index (χ1) is 9.22. The monoisotopic (exact) mass is 267 g/mol. The summed E-state index contributed by atoms with van der Waals surface area (Å²) >= 11 is 0. The molecule has 0 aromatic carbocycles. The van der Waals surface area contributed by atoms with Crippen LogP contribution in [-0.2, 0) is 4.74 Å². The minimum absolute atomic E-state index is 0.349. The number of likely N-dealkylation sites (N-methyl/N-ethyl adjacent to an activating group) is 1. The molecule has 1 aliphatic carbocycles. The Morgan fingerprint density at radius 1 is 1.37 bits per heavy atom. The molecule has 0 aliphatic heterocycles. The van der Waals surface area contributed by atoms with Crippen LogP contribution in [0.2, 0.25) is 0 Å². The van der Waals surface area contributed by atoms with E-state index in [2.05, 4.69) is 30.1 Å². The molecule has 0 aromatic rings. The van der Waals surface area contributed by atoms with E-state index in [1.165, 1.54) is 12.8 Å². The van der Waals surface area contributed by atoms with Gasteiger partial charge in [-0.3, -0.25) is 10.2 Å². The van der Waals surface area contributed by atoms with Gasteiger partial charge in [0.25, 0.3) is 0 Å². The fourth-order valence-electron chi connectivity index (χ4n) is 2.46. The van der Waals surface area contributed by atoms with Crippen LogP contribution in [0.3, 0.4) is 0 Å². The molecule has 1 fully saturated rings. The molecule has 0 saturated heterocycles. The van der Waals surface area contributed by atoms with Gasteiger partial charge in [-0.05, 0) is 45.2 Å². The van der Waals surface area contributed by atoms with Crippen molar-refractivity contribution >= 4 is 0 Å². The number of nitriles is 1. The van der Waals surface area contributed by atoms with Crippen molar-refractivity contribution in [2.24, 2.45) is 5.92 Å². The lowest BCUT2D eigenvalue weighted by Crippen LogP contribution is -2.55. The first kappa shape index (κ1) is 16.4. The zero-order valence-electron chi connectivity index (χ0n) is 12.7. The van der Waals surface area contributed by atoms with E-state index in [1.54, 1.807) is 0 Å². The van der Waals surface area contributed by atoms with E-state index in [-0.39, 0.29) is 5.54 Å². The van der Waals surface area contributed by atoms with Crippen molar-refractivity contribution in [1.29, 1.82) is 5.26 Å². The molecule has 19 heavy (non-hydrogen) atoms. The van der Waals surface area contributed by atoms with Gasteiger partial charge in [-0.1, -0.05) is 13.8 Å². The van der Waals surface area contributed by atoms with Crippen molar-refractivity contribution in [3.8, 4) is 6.07 Å². The Balaban J connectivity index is 2.56. The summed E-state index contributed by atoms with van der Waals surface area (Å²) in [5.74, 6) is 0.533. The zero-order valence-corrected chi connectivity index (χ0v) is 12.7. The van der Waals surface area contributed by atoms with Gasteiger partial charge in [0.05, 0.1) is 12.7 Å². The molecule has 1 unspecified atom stereocenters. The van der Waals surface area contributed by atoms with Crippen molar-refractivity contribution in [3.05, 3.63) is 0 Å². The summed E-state index contributed by atoms with van der Waals surface area (Å²) in [4.78, 5) is 2.33. The summed E-state index contributed by atoms with van der Waals surface area (Å²) in [6, 6.07) is 2.57. The van der Waals surface area contributed by atoms with Crippen molar-refractivity contribution in [1.82, 2.24) is 10.2 Å². The van der Waals surface area contributed by atoms with E-state index in [1.807, 2.05) is 6.92 Å².